The predicted octanol–water partition coefficient (Wildman–Crippen LogP) is 3.44. The second-order valence-electron chi connectivity index (χ2n) is 7.25. The molecule has 0 unspecified atom stereocenters. The zero-order chi connectivity index (χ0) is 20.5. The van der Waals surface area contributed by atoms with Gasteiger partial charge in [0, 0.05) is 36.0 Å². The van der Waals surface area contributed by atoms with Crippen molar-refractivity contribution in [3.8, 4) is 11.5 Å². The number of aliphatic carboxylic acids is 1. The van der Waals surface area contributed by atoms with Crippen LogP contribution in [0.5, 0.6) is 11.5 Å². The van der Waals surface area contributed by atoms with Crippen molar-refractivity contribution in [2.24, 2.45) is 0 Å². The van der Waals surface area contributed by atoms with E-state index in [2.05, 4.69) is 0 Å². The summed E-state index contributed by atoms with van der Waals surface area (Å²) < 4.78 is 11.7. The summed E-state index contributed by atoms with van der Waals surface area (Å²) in [5.41, 5.74) is 1.84. The second-order valence-corrected chi connectivity index (χ2v) is 7.69. The Morgan fingerprint density at radius 3 is 2.57 bits per heavy atom. The predicted molar refractivity (Wildman–Crippen MR) is 105 cm³/mol. The molecule has 1 aliphatic heterocycles. The summed E-state index contributed by atoms with van der Waals surface area (Å²) in [5, 5.41) is 9.59. The molecule has 0 bridgehead atoms. The van der Waals surface area contributed by atoms with Crippen molar-refractivity contribution < 1.29 is 24.2 Å². The molecule has 1 N–H and O–H groups in total. The number of fused-ring (bicyclic) bond motifs is 1. The van der Waals surface area contributed by atoms with E-state index in [1.165, 1.54) is 14.2 Å². The minimum atomic E-state index is -1.07. The molecule has 6 nitrogen and oxygen atoms in total. The number of likely N-dealkylation sites (N-methyl/N-ethyl adjacent to an activating group) is 1. The van der Waals surface area contributed by atoms with Crippen molar-refractivity contribution in [3.63, 3.8) is 0 Å². The smallest absolute Gasteiger partial charge is 0.323 e. The summed E-state index contributed by atoms with van der Waals surface area (Å²) in [6.07, 6.45) is 1.27. The van der Waals surface area contributed by atoms with Crippen LogP contribution < -0.4 is 9.47 Å². The first kappa shape index (κ1) is 20.0. The summed E-state index contributed by atoms with van der Waals surface area (Å²) in [6.45, 7) is 1.64. The molecule has 3 rings (SSSR count). The maximum absolute atomic E-state index is 12.6. The Morgan fingerprint density at radius 2 is 1.96 bits per heavy atom. The van der Waals surface area contributed by atoms with Crippen molar-refractivity contribution in [3.05, 3.63) is 58.1 Å². The number of halogens is 1. The number of carboxylic acids is 1. The lowest BCUT2D eigenvalue weighted by Crippen LogP contribution is -2.33. The monoisotopic (exact) mass is 403 g/mol. The number of nitrogens with zero attached hydrogens (tertiary/aromatic N) is 1. The van der Waals surface area contributed by atoms with Crippen LogP contribution in [0.15, 0.2) is 36.4 Å². The molecular weight excluding hydrogens is 382 g/mol. The van der Waals surface area contributed by atoms with Crippen LogP contribution in [0, 0.1) is 0 Å². The van der Waals surface area contributed by atoms with Gasteiger partial charge in [-0.05, 0) is 36.8 Å². The fourth-order valence-corrected chi connectivity index (χ4v) is 3.62. The molecule has 1 amide bonds. The molecule has 28 heavy (non-hydrogen) atoms. The lowest BCUT2D eigenvalue weighted by Gasteiger charge is -2.24. The highest BCUT2D eigenvalue weighted by Crippen LogP contribution is 2.44. The van der Waals surface area contributed by atoms with Gasteiger partial charge in [-0.3, -0.25) is 9.59 Å². The van der Waals surface area contributed by atoms with Crippen molar-refractivity contribution in [2.75, 3.05) is 20.7 Å². The van der Waals surface area contributed by atoms with E-state index in [1.54, 1.807) is 12.1 Å². The molecule has 7 heteroatoms. The fraction of sp³-hybridized carbons (Fsp3) is 0.333. The van der Waals surface area contributed by atoms with E-state index in [0.717, 1.165) is 16.0 Å². The van der Waals surface area contributed by atoms with Gasteiger partial charge in [-0.1, -0.05) is 23.7 Å². The third-order valence-corrected chi connectivity index (χ3v) is 4.97. The summed E-state index contributed by atoms with van der Waals surface area (Å²) in [5.74, 6) is -0.363. The lowest BCUT2D eigenvalue weighted by molar-refractivity contribution is -0.137. The average molecular weight is 404 g/mol. The normalized spacial score (nSPS) is 17.6. The second kappa shape index (κ2) is 7.72. The van der Waals surface area contributed by atoms with E-state index in [0.29, 0.717) is 34.9 Å². The SMILES string of the molecule is COc1cc(C(=O)N(C)CC(=O)O)cc2c1O[C@](C)(Cc1ccc(Cl)cc1)C2. The van der Waals surface area contributed by atoms with Gasteiger partial charge in [0.1, 0.15) is 12.1 Å². The Labute approximate surface area is 168 Å². The molecule has 0 saturated heterocycles. The first-order valence-electron chi connectivity index (χ1n) is 8.82. The Hall–Kier alpha value is -2.73. The number of carbonyl (C=O) groups is 2. The van der Waals surface area contributed by atoms with E-state index < -0.39 is 11.6 Å². The van der Waals surface area contributed by atoms with Crippen LogP contribution in [0.3, 0.4) is 0 Å². The van der Waals surface area contributed by atoms with Crippen molar-refractivity contribution in [1.82, 2.24) is 4.90 Å². The third kappa shape index (κ3) is 4.22. The minimum Gasteiger partial charge on any atom is -0.493 e. The van der Waals surface area contributed by atoms with Crippen LogP contribution in [0.1, 0.15) is 28.4 Å². The van der Waals surface area contributed by atoms with Crippen LogP contribution in [0.4, 0.5) is 0 Å². The summed E-state index contributed by atoms with van der Waals surface area (Å²) in [7, 11) is 2.97. The summed E-state index contributed by atoms with van der Waals surface area (Å²) >= 11 is 5.96. The molecule has 148 valence electrons. The quantitative estimate of drug-likeness (QED) is 0.799. The Kier molecular flexibility index (Phi) is 5.52. The number of carboxylic acid groups (broad SMARTS) is 1. The highest BCUT2D eigenvalue weighted by Gasteiger charge is 2.37. The summed E-state index contributed by atoms with van der Waals surface area (Å²) in [6, 6.07) is 11.0. The lowest BCUT2D eigenvalue weighted by atomic mass is 9.91. The van der Waals surface area contributed by atoms with E-state index in [1.807, 2.05) is 31.2 Å². The Balaban J connectivity index is 1.86. The first-order chi connectivity index (χ1) is 13.2. The van der Waals surface area contributed by atoms with E-state index >= 15 is 0 Å². The van der Waals surface area contributed by atoms with Gasteiger partial charge in [-0.2, -0.15) is 0 Å². The molecule has 0 fully saturated rings. The van der Waals surface area contributed by atoms with Crippen molar-refractivity contribution >= 4 is 23.5 Å². The molecule has 0 radical (unpaired) electrons. The Morgan fingerprint density at radius 1 is 1.29 bits per heavy atom. The van der Waals surface area contributed by atoms with Gasteiger partial charge in [0.15, 0.2) is 11.5 Å². The third-order valence-electron chi connectivity index (χ3n) is 4.72. The fourth-order valence-electron chi connectivity index (χ4n) is 3.50. The molecule has 0 aromatic heterocycles. The molecular formula is C21H22ClNO5. The largest absolute Gasteiger partial charge is 0.493 e. The maximum atomic E-state index is 12.6. The molecule has 0 aliphatic carbocycles. The molecule has 1 heterocycles. The number of hydrogen-bond donors (Lipinski definition) is 1. The van der Waals surface area contributed by atoms with Gasteiger partial charge in [0.05, 0.1) is 7.11 Å². The zero-order valence-corrected chi connectivity index (χ0v) is 16.7. The van der Waals surface area contributed by atoms with Gasteiger partial charge >= 0.3 is 5.97 Å². The number of rotatable bonds is 6. The topological polar surface area (TPSA) is 76.1 Å². The molecule has 0 saturated carbocycles. The van der Waals surface area contributed by atoms with E-state index in [4.69, 9.17) is 26.2 Å². The van der Waals surface area contributed by atoms with Gasteiger partial charge in [-0.25, -0.2) is 0 Å². The molecule has 1 aliphatic rings. The molecule has 1 atom stereocenters. The number of ether oxygens (including phenoxy) is 2. The standard InChI is InChI=1S/C21H22ClNO5/c1-21(10-13-4-6-16(22)7-5-13)11-15-8-14(9-17(27-3)19(15)28-21)20(26)23(2)12-18(24)25/h4-9H,10-12H2,1-3H3,(H,24,25)/t21-/m1/s1. The van der Waals surface area contributed by atoms with Crippen molar-refractivity contribution in [2.45, 2.75) is 25.4 Å². The van der Waals surface area contributed by atoms with E-state index in [9.17, 15) is 9.59 Å². The van der Waals surface area contributed by atoms with Gasteiger partial charge in [-0.15, -0.1) is 0 Å². The van der Waals surface area contributed by atoms with E-state index in [-0.39, 0.29) is 12.5 Å². The minimum absolute atomic E-state index is 0.372. The number of carbonyl (C=O) groups excluding carboxylic acids is 1. The molecule has 0 spiro atoms. The van der Waals surface area contributed by atoms with Gasteiger partial charge in [0.25, 0.3) is 5.91 Å². The van der Waals surface area contributed by atoms with Crippen LogP contribution in [0.2, 0.25) is 5.02 Å². The number of hydrogen-bond acceptors (Lipinski definition) is 4. The van der Waals surface area contributed by atoms with Crippen molar-refractivity contribution in [1.29, 1.82) is 0 Å². The van der Waals surface area contributed by atoms with Gasteiger partial charge in [0.2, 0.25) is 0 Å². The number of amides is 1. The van der Waals surface area contributed by atoms with Crippen LogP contribution in [-0.4, -0.2) is 48.2 Å². The first-order valence-corrected chi connectivity index (χ1v) is 9.20. The highest BCUT2D eigenvalue weighted by molar-refractivity contribution is 6.30. The zero-order valence-electron chi connectivity index (χ0n) is 16.0. The number of methoxy groups -OCH3 is 1. The molecule has 2 aromatic rings. The van der Waals surface area contributed by atoms with Crippen LogP contribution >= 0.6 is 11.6 Å². The molecule has 2 aromatic carbocycles. The van der Waals surface area contributed by atoms with Crippen LogP contribution in [0.25, 0.3) is 0 Å². The maximum Gasteiger partial charge on any atom is 0.323 e. The van der Waals surface area contributed by atoms with Crippen LogP contribution in [-0.2, 0) is 17.6 Å². The average Bonchev–Trinajstić information content (AvgIpc) is 2.97. The summed E-state index contributed by atoms with van der Waals surface area (Å²) in [4.78, 5) is 24.6. The number of benzene rings is 2. The Bertz CT molecular complexity index is 912. The van der Waals surface area contributed by atoms with Gasteiger partial charge < -0.3 is 19.5 Å². The highest BCUT2D eigenvalue weighted by atomic mass is 35.5.